The van der Waals surface area contributed by atoms with Crippen LogP contribution in [0.2, 0.25) is 0 Å². The van der Waals surface area contributed by atoms with Gasteiger partial charge in [-0.25, -0.2) is 4.98 Å². The summed E-state index contributed by atoms with van der Waals surface area (Å²) in [4.78, 5) is 4.44. The largest absolute Gasteiger partial charge is 0.336 e. The van der Waals surface area contributed by atoms with Crippen LogP contribution in [0, 0.1) is 0 Å². The Morgan fingerprint density at radius 2 is 1.94 bits per heavy atom. The van der Waals surface area contributed by atoms with E-state index in [0.717, 1.165) is 21.3 Å². The van der Waals surface area contributed by atoms with Gasteiger partial charge in [0.1, 0.15) is 5.82 Å². The molecule has 0 radical (unpaired) electrons. The van der Waals surface area contributed by atoms with Crippen molar-refractivity contribution in [3.63, 3.8) is 0 Å². The van der Waals surface area contributed by atoms with Crippen molar-refractivity contribution in [2.45, 2.75) is 13.0 Å². The molecule has 1 N–H and O–H groups in total. The number of imidazole rings is 1. The summed E-state index contributed by atoms with van der Waals surface area (Å²) in [5, 5.41) is 3.47. The van der Waals surface area contributed by atoms with Gasteiger partial charge in [-0.3, -0.25) is 0 Å². The summed E-state index contributed by atoms with van der Waals surface area (Å²) >= 11 is 7.06. The van der Waals surface area contributed by atoms with Gasteiger partial charge in [0.15, 0.2) is 0 Å². The van der Waals surface area contributed by atoms with Crippen LogP contribution in [0.4, 0.5) is 0 Å². The summed E-state index contributed by atoms with van der Waals surface area (Å²) in [5.41, 5.74) is 1.19. The first-order valence-corrected chi connectivity index (χ1v) is 7.37. The molecule has 1 unspecified atom stereocenters. The third kappa shape index (κ3) is 3.02. The van der Waals surface area contributed by atoms with Crippen molar-refractivity contribution in [3.05, 3.63) is 50.9 Å². The van der Waals surface area contributed by atoms with Gasteiger partial charge in [0.25, 0.3) is 0 Å². The third-order valence-corrected chi connectivity index (χ3v) is 3.66. The van der Waals surface area contributed by atoms with E-state index < -0.39 is 0 Å². The molecule has 0 aliphatic rings. The van der Waals surface area contributed by atoms with E-state index >= 15 is 0 Å². The molecule has 2 rings (SSSR count). The van der Waals surface area contributed by atoms with Crippen LogP contribution in [-0.2, 0) is 7.05 Å². The van der Waals surface area contributed by atoms with Gasteiger partial charge >= 0.3 is 0 Å². The zero-order valence-electron chi connectivity index (χ0n) is 10.3. The predicted molar refractivity (Wildman–Crippen MR) is 80.6 cm³/mol. The molecule has 0 amide bonds. The lowest BCUT2D eigenvalue weighted by atomic mass is 10.1. The zero-order valence-corrected chi connectivity index (χ0v) is 13.5. The van der Waals surface area contributed by atoms with Gasteiger partial charge < -0.3 is 9.88 Å². The van der Waals surface area contributed by atoms with Crippen LogP contribution >= 0.6 is 31.9 Å². The van der Waals surface area contributed by atoms with Crippen LogP contribution in [0.3, 0.4) is 0 Å². The van der Waals surface area contributed by atoms with Crippen LogP contribution in [0.5, 0.6) is 0 Å². The van der Waals surface area contributed by atoms with Gasteiger partial charge in [0.2, 0.25) is 0 Å². The first kappa shape index (κ1) is 13.8. The number of aryl methyl sites for hydroxylation is 1. The van der Waals surface area contributed by atoms with Gasteiger partial charge in [-0.2, -0.15) is 0 Å². The van der Waals surface area contributed by atoms with E-state index in [4.69, 9.17) is 0 Å². The monoisotopic (exact) mass is 371 g/mol. The number of aromatic nitrogens is 2. The molecule has 0 bridgehead atoms. The highest BCUT2D eigenvalue weighted by Crippen LogP contribution is 2.27. The molecule has 18 heavy (non-hydrogen) atoms. The van der Waals surface area contributed by atoms with Crippen molar-refractivity contribution >= 4 is 31.9 Å². The van der Waals surface area contributed by atoms with Gasteiger partial charge in [-0.15, -0.1) is 0 Å². The minimum absolute atomic E-state index is 0.101. The van der Waals surface area contributed by atoms with Gasteiger partial charge in [0.05, 0.1) is 6.04 Å². The minimum Gasteiger partial charge on any atom is -0.336 e. The van der Waals surface area contributed by atoms with Crippen LogP contribution < -0.4 is 5.32 Å². The molecule has 0 aliphatic heterocycles. The van der Waals surface area contributed by atoms with E-state index in [1.54, 1.807) is 0 Å². The fourth-order valence-corrected chi connectivity index (χ4v) is 3.29. The van der Waals surface area contributed by atoms with Crippen molar-refractivity contribution in [1.29, 1.82) is 0 Å². The van der Waals surface area contributed by atoms with Crippen LogP contribution in [0.1, 0.15) is 24.4 Å². The maximum absolute atomic E-state index is 4.44. The van der Waals surface area contributed by atoms with E-state index in [9.17, 15) is 0 Å². The van der Waals surface area contributed by atoms with E-state index in [1.165, 1.54) is 5.56 Å². The molecule has 0 saturated carbocycles. The van der Waals surface area contributed by atoms with Crippen molar-refractivity contribution in [1.82, 2.24) is 14.9 Å². The average molecular weight is 373 g/mol. The van der Waals surface area contributed by atoms with Crippen molar-refractivity contribution in [3.8, 4) is 0 Å². The van der Waals surface area contributed by atoms with E-state index in [0.29, 0.717) is 0 Å². The van der Waals surface area contributed by atoms with Crippen LogP contribution in [-0.4, -0.2) is 16.1 Å². The molecule has 2 aromatic rings. The molecule has 0 fully saturated rings. The Balaban J connectivity index is 2.44. The second-order valence-corrected chi connectivity index (χ2v) is 5.92. The van der Waals surface area contributed by atoms with E-state index in [2.05, 4.69) is 61.2 Å². The Hall–Kier alpha value is -0.650. The third-order valence-electron chi connectivity index (χ3n) is 2.74. The first-order valence-electron chi connectivity index (χ1n) is 5.78. The van der Waals surface area contributed by atoms with Crippen LogP contribution in [0.25, 0.3) is 0 Å². The van der Waals surface area contributed by atoms with E-state index in [1.807, 2.05) is 30.1 Å². The Labute approximate surface area is 124 Å². The second kappa shape index (κ2) is 5.99. The topological polar surface area (TPSA) is 29.9 Å². The van der Waals surface area contributed by atoms with E-state index in [-0.39, 0.29) is 6.04 Å². The normalized spacial score (nSPS) is 12.7. The fourth-order valence-electron chi connectivity index (χ4n) is 1.96. The maximum atomic E-state index is 4.44. The van der Waals surface area contributed by atoms with Gasteiger partial charge in [-0.05, 0) is 30.3 Å². The lowest BCUT2D eigenvalue weighted by molar-refractivity contribution is 0.576. The van der Waals surface area contributed by atoms with Crippen molar-refractivity contribution in [2.75, 3.05) is 6.54 Å². The Morgan fingerprint density at radius 3 is 2.44 bits per heavy atom. The SMILES string of the molecule is CCNC(c1cc(Br)cc(Br)c1)c1nccn1C. The summed E-state index contributed by atoms with van der Waals surface area (Å²) in [6.45, 7) is 2.99. The lowest BCUT2D eigenvalue weighted by Crippen LogP contribution is -2.24. The number of hydrogen-bond donors (Lipinski definition) is 1. The molecule has 96 valence electrons. The molecule has 1 atom stereocenters. The Bertz CT molecular complexity index is 517. The molecular formula is C13H15Br2N3. The summed E-state index contributed by atoms with van der Waals surface area (Å²) < 4.78 is 4.16. The summed E-state index contributed by atoms with van der Waals surface area (Å²) in [6.07, 6.45) is 3.79. The Kier molecular flexibility index (Phi) is 4.59. The second-order valence-electron chi connectivity index (χ2n) is 4.09. The van der Waals surface area contributed by atoms with Crippen molar-refractivity contribution < 1.29 is 0 Å². The fraction of sp³-hybridized carbons (Fsp3) is 0.308. The average Bonchev–Trinajstić information content (AvgIpc) is 2.71. The highest BCUT2D eigenvalue weighted by molar-refractivity contribution is 9.11. The molecule has 5 heteroatoms. The number of nitrogens with zero attached hydrogens (tertiary/aromatic N) is 2. The molecule has 3 nitrogen and oxygen atoms in total. The molecule has 1 aromatic carbocycles. The van der Waals surface area contributed by atoms with Crippen molar-refractivity contribution in [2.24, 2.45) is 7.05 Å². The standard InChI is InChI=1S/C13H15Br2N3/c1-3-16-12(13-17-4-5-18(13)2)9-6-10(14)8-11(15)7-9/h4-8,12,16H,3H2,1-2H3. The summed E-state index contributed by atoms with van der Waals surface area (Å²) in [5.74, 6) is 1.02. The summed E-state index contributed by atoms with van der Waals surface area (Å²) in [6, 6.07) is 6.37. The number of nitrogens with one attached hydrogen (secondary N) is 1. The smallest absolute Gasteiger partial charge is 0.130 e. The highest BCUT2D eigenvalue weighted by atomic mass is 79.9. The number of halogens is 2. The molecule has 1 heterocycles. The predicted octanol–water partition coefficient (Wildman–Crippen LogP) is 3.64. The number of hydrogen-bond acceptors (Lipinski definition) is 2. The lowest BCUT2D eigenvalue weighted by Gasteiger charge is -2.18. The number of benzene rings is 1. The molecule has 0 spiro atoms. The first-order chi connectivity index (χ1) is 8.61. The highest BCUT2D eigenvalue weighted by Gasteiger charge is 2.17. The molecule has 1 aromatic heterocycles. The quantitative estimate of drug-likeness (QED) is 0.887. The zero-order chi connectivity index (χ0) is 13.1. The minimum atomic E-state index is 0.101. The van der Waals surface area contributed by atoms with Gasteiger partial charge in [-0.1, -0.05) is 38.8 Å². The summed E-state index contributed by atoms with van der Waals surface area (Å²) in [7, 11) is 2.01. The molecule has 0 saturated heterocycles. The van der Waals surface area contributed by atoms with Crippen LogP contribution in [0.15, 0.2) is 39.5 Å². The Morgan fingerprint density at radius 1 is 1.28 bits per heavy atom. The maximum Gasteiger partial charge on any atom is 0.130 e. The molecular weight excluding hydrogens is 358 g/mol. The molecule has 0 aliphatic carbocycles. The number of rotatable bonds is 4. The van der Waals surface area contributed by atoms with Gasteiger partial charge in [0, 0.05) is 28.4 Å².